The van der Waals surface area contributed by atoms with E-state index in [-0.39, 0.29) is 42.3 Å². The molecule has 0 radical (unpaired) electrons. The predicted molar refractivity (Wildman–Crippen MR) is 131 cm³/mol. The average molecular weight is 537 g/mol. The van der Waals surface area contributed by atoms with Crippen molar-refractivity contribution in [1.82, 2.24) is 0 Å². The Kier molecular flexibility index (Phi) is 6.92. The van der Waals surface area contributed by atoms with Crippen molar-refractivity contribution in [2.75, 3.05) is 27.9 Å². The zero-order valence-corrected chi connectivity index (χ0v) is 23.1. The summed E-state index contributed by atoms with van der Waals surface area (Å²) in [6, 6.07) is 0. The van der Waals surface area contributed by atoms with Crippen LogP contribution in [0.25, 0.3) is 0 Å². The van der Waals surface area contributed by atoms with Crippen LogP contribution in [0.4, 0.5) is 0 Å². The van der Waals surface area contributed by atoms with E-state index in [1.165, 1.54) is 20.8 Å². The lowest BCUT2D eigenvalue weighted by molar-refractivity contribution is -0.229. The average Bonchev–Trinajstić information content (AvgIpc) is 3.42. The number of ether oxygens (including phenoxy) is 6. The van der Waals surface area contributed by atoms with E-state index in [9.17, 15) is 19.2 Å². The third-order valence-corrected chi connectivity index (χ3v) is 10.7. The van der Waals surface area contributed by atoms with Gasteiger partial charge in [-0.1, -0.05) is 0 Å². The van der Waals surface area contributed by atoms with Crippen molar-refractivity contribution in [3.8, 4) is 0 Å². The van der Waals surface area contributed by atoms with Gasteiger partial charge < -0.3 is 33.2 Å². The minimum absolute atomic E-state index is 0.0867. The summed E-state index contributed by atoms with van der Waals surface area (Å²) in [5, 5.41) is 0. The number of hydrogen-bond acceptors (Lipinski definition) is 10. The van der Waals surface area contributed by atoms with Crippen molar-refractivity contribution in [3.05, 3.63) is 0 Å². The van der Waals surface area contributed by atoms with Crippen LogP contribution in [0.2, 0.25) is 0 Å². The second-order valence-electron chi connectivity index (χ2n) is 12.1. The number of aldehydes is 1. The van der Waals surface area contributed by atoms with Crippen molar-refractivity contribution >= 4 is 24.2 Å². The van der Waals surface area contributed by atoms with Gasteiger partial charge in [0.25, 0.3) is 0 Å². The lowest BCUT2D eigenvalue weighted by atomic mass is 9.57. The number of methoxy groups -OCH3 is 3. The number of carbonyl (C=O) groups is 4. The van der Waals surface area contributed by atoms with Gasteiger partial charge in [-0.05, 0) is 31.6 Å². The molecule has 0 aliphatic heterocycles. The van der Waals surface area contributed by atoms with Crippen LogP contribution in [0.5, 0.6) is 0 Å². The highest BCUT2D eigenvalue weighted by atomic mass is 16.6. The number of fused-ring (bicyclic) bond motifs is 6. The van der Waals surface area contributed by atoms with E-state index in [1.54, 1.807) is 21.3 Å². The standard InChI is InChI=1S/C28H40O10/c1-14(30)36-25-17-9-18-23-19(27(24(18)25,37-15(2)31)11-20(17)34-5)10-21-26(12-29,13-33-4)8-7-22(35-6)28(21,23)38-16(3)32/h12,17-25H,7-11,13H2,1-6H3/t17-,18-,19-,20-,21+,22-,23-,24+,25-,26-,27-,28?/m0/s1. The molecule has 10 heteroatoms. The normalized spacial score (nSPS) is 48.1. The molecule has 0 heterocycles. The summed E-state index contributed by atoms with van der Waals surface area (Å²) in [5.74, 6) is -2.64. The Morgan fingerprint density at radius 2 is 1.61 bits per heavy atom. The lowest BCUT2D eigenvalue weighted by Gasteiger charge is -2.54. The molecule has 5 saturated carbocycles. The van der Waals surface area contributed by atoms with Gasteiger partial charge in [0.15, 0.2) is 0 Å². The summed E-state index contributed by atoms with van der Waals surface area (Å²) >= 11 is 0. The van der Waals surface area contributed by atoms with Gasteiger partial charge in [0.2, 0.25) is 0 Å². The second kappa shape index (κ2) is 9.55. The van der Waals surface area contributed by atoms with Crippen molar-refractivity contribution in [2.24, 2.45) is 40.9 Å². The molecule has 5 fully saturated rings. The fourth-order valence-corrected chi connectivity index (χ4v) is 10.1. The number of carbonyl (C=O) groups excluding carboxylic acids is 4. The lowest BCUT2D eigenvalue weighted by Crippen LogP contribution is -2.64. The highest BCUT2D eigenvalue weighted by molar-refractivity contribution is 5.69. The van der Waals surface area contributed by atoms with Crippen molar-refractivity contribution in [3.63, 3.8) is 0 Å². The number of hydrogen-bond donors (Lipinski definition) is 0. The van der Waals surface area contributed by atoms with Crippen LogP contribution in [0.15, 0.2) is 0 Å². The van der Waals surface area contributed by atoms with Crippen LogP contribution in [0.1, 0.15) is 52.9 Å². The van der Waals surface area contributed by atoms with Crippen LogP contribution < -0.4 is 0 Å². The molecule has 5 rings (SSSR count). The van der Waals surface area contributed by atoms with Gasteiger partial charge in [0, 0.05) is 78.1 Å². The molecule has 0 N–H and O–H groups in total. The fourth-order valence-electron chi connectivity index (χ4n) is 10.1. The Hall–Kier alpha value is -2.04. The molecular formula is C28H40O10. The van der Waals surface area contributed by atoms with Gasteiger partial charge in [-0.2, -0.15) is 0 Å². The molecule has 212 valence electrons. The van der Waals surface area contributed by atoms with E-state index >= 15 is 0 Å². The fraction of sp³-hybridized carbons (Fsp3) is 0.857. The summed E-state index contributed by atoms with van der Waals surface area (Å²) in [5.41, 5.74) is -3.01. The topological polar surface area (TPSA) is 124 Å². The zero-order chi connectivity index (χ0) is 27.6. The van der Waals surface area contributed by atoms with Crippen molar-refractivity contribution < 1.29 is 47.6 Å². The van der Waals surface area contributed by atoms with E-state index in [1.807, 2.05) is 0 Å². The highest BCUT2D eigenvalue weighted by Crippen LogP contribution is 2.75. The van der Waals surface area contributed by atoms with Gasteiger partial charge >= 0.3 is 17.9 Å². The van der Waals surface area contributed by atoms with E-state index in [0.29, 0.717) is 32.1 Å². The zero-order valence-electron chi connectivity index (χ0n) is 23.1. The maximum atomic E-state index is 12.8. The Bertz CT molecular complexity index is 998. The molecule has 0 amide bonds. The molecule has 5 aliphatic carbocycles. The summed E-state index contributed by atoms with van der Waals surface area (Å²) in [4.78, 5) is 50.6. The molecule has 1 unspecified atom stereocenters. The molecule has 0 spiro atoms. The molecule has 0 aromatic carbocycles. The Labute approximate surface area is 223 Å². The van der Waals surface area contributed by atoms with Crippen LogP contribution in [0.3, 0.4) is 0 Å². The summed E-state index contributed by atoms with van der Waals surface area (Å²) in [7, 11) is 4.81. The molecule has 38 heavy (non-hydrogen) atoms. The summed E-state index contributed by atoms with van der Waals surface area (Å²) in [6.07, 6.45) is 2.39. The largest absolute Gasteiger partial charge is 0.462 e. The molecule has 0 saturated heterocycles. The first-order valence-electron chi connectivity index (χ1n) is 13.6. The van der Waals surface area contributed by atoms with E-state index in [4.69, 9.17) is 28.4 Å². The van der Waals surface area contributed by atoms with E-state index in [0.717, 1.165) is 6.29 Å². The quantitative estimate of drug-likeness (QED) is 0.259. The third-order valence-electron chi connectivity index (χ3n) is 10.7. The molecule has 2 bridgehead atoms. The number of esters is 3. The van der Waals surface area contributed by atoms with Gasteiger partial charge in [0.05, 0.1) is 24.2 Å². The minimum atomic E-state index is -1.12. The Balaban J connectivity index is 1.73. The van der Waals surface area contributed by atoms with Crippen LogP contribution >= 0.6 is 0 Å². The molecular weight excluding hydrogens is 496 g/mol. The first-order chi connectivity index (χ1) is 18.0. The van der Waals surface area contributed by atoms with Crippen LogP contribution in [0, 0.1) is 40.9 Å². The van der Waals surface area contributed by atoms with Gasteiger partial charge in [-0.15, -0.1) is 0 Å². The smallest absolute Gasteiger partial charge is 0.303 e. The van der Waals surface area contributed by atoms with E-state index < -0.39 is 52.7 Å². The Morgan fingerprint density at radius 1 is 0.895 bits per heavy atom. The first-order valence-corrected chi connectivity index (χ1v) is 13.6. The van der Waals surface area contributed by atoms with Gasteiger partial charge in [-0.3, -0.25) is 14.4 Å². The maximum absolute atomic E-state index is 12.8. The summed E-state index contributed by atoms with van der Waals surface area (Å²) in [6.45, 7) is 4.35. The predicted octanol–water partition coefficient (Wildman–Crippen LogP) is 2.10. The van der Waals surface area contributed by atoms with Crippen molar-refractivity contribution in [2.45, 2.75) is 82.4 Å². The van der Waals surface area contributed by atoms with Crippen molar-refractivity contribution in [1.29, 1.82) is 0 Å². The molecule has 5 aliphatic rings. The summed E-state index contributed by atoms with van der Waals surface area (Å²) < 4.78 is 36.2. The van der Waals surface area contributed by atoms with Gasteiger partial charge in [0.1, 0.15) is 23.6 Å². The van der Waals surface area contributed by atoms with Gasteiger partial charge in [-0.25, -0.2) is 0 Å². The van der Waals surface area contributed by atoms with Crippen LogP contribution in [-0.4, -0.2) is 81.6 Å². The minimum Gasteiger partial charge on any atom is -0.462 e. The number of rotatable bonds is 8. The van der Waals surface area contributed by atoms with E-state index in [2.05, 4.69) is 0 Å². The highest BCUT2D eigenvalue weighted by Gasteiger charge is 2.83. The monoisotopic (exact) mass is 536 g/mol. The SMILES string of the molecule is COC[C@@]1(C=O)CC[C@H](OC)C2(OC(C)=O)[C@H]3[C@@H]4C[C@@H]5[C@H](OC(C)=O)[C@@H]4[C@](OC(C)=O)(C[C@@H]5OC)[C@H]3C[C@@H]21. The molecule has 0 aromatic rings. The second-order valence-corrected chi connectivity index (χ2v) is 12.1. The van der Waals surface area contributed by atoms with Crippen LogP contribution in [-0.2, 0) is 47.6 Å². The molecule has 10 nitrogen and oxygen atoms in total. The maximum Gasteiger partial charge on any atom is 0.303 e. The molecule has 12 atom stereocenters. The third kappa shape index (κ3) is 3.55. The molecule has 0 aromatic heterocycles. The Morgan fingerprint density at radius 3 is 2.16 bits per heavy atom. The first kappa shape index (κ1) is 27.5.